The molecule has 2 aromatic carbocycles. The Bertz CT molecular complexity index is 1510. The van der Waals surface area contributed by atoms with Crippen molar-refractivity contribution < 1.29 is 37.3 Å². The van der Waals surface area contributed by atoms with Crippen molar-refractivity contribution >= 4 is 16.0 Å². The summed E-state index contributed by atoms with van der Waals surface area (Å²) in [7, 11) is -2.24. The summed E-state index contributed by atoms with van der Waals surface area (Å²) in [6.07, 6.45) is 0.501. The first-order valence-electron chi connectivity index (χ1n) is 14.1. The van der Waals surface area contributed by atoms with Crippen LogP contribution in [0.25, 0.3) is 0 Å². The van der Waals surface area contributed by atoms with Crippen LogP contribution in [0, 0.1) is 12.3 Å². The minimum Gasteiger partial charge on any atom is -0.488 e. The lowest BCUT2D eigenvalue weighted by molar-refractivity contribution is -0.158. The molecular weight excluding hydrogens is 576 g/mol. The number of sulfonamides is 1. The summed E-state index contributed by atoms with van der Waals surface area (Å²) < 4.78 is 52.9. The molecule has 1 aliphatic rings. The van der Waals surface area contributed by atoms with Gasteiger partial charge in [-0.25, -0.2) is 13.1 Å². The Morgan fingerprint density at radius 3 is 2.70 bits per heavy atom. The molecule has 0 unspecified atom stereocenters. The van der Waals surface area contributed by atoms with Crippen LogP contribution in [-0.4, -0.2) is 78.4 Å². The maximum absolute atomic E-state index is 13.6. The van der Waals surface area contributed by atoms with Crippen molar-refractivity contribution in [1.29, 1.82) is 0 Å². The summed E-state index contributed by atoms with van der Waals surface area (Å²) in [5.41, 5.74) is 1.45. The standard InChI is InChI=1S/C30H40N4O8S/c1-21-10-11-23(16-24(21)18-34-17-22(2)42-26-8-6-7-9-27(26)43(34,37)38)28(30(3,4)29(35)36)41-20-25-19-33(32-31-25)12-13-40-15-14-39-5/h6-11,16,19,22,28H,12-15,17-18,20H2,1-5H3,(H,35,36)/t22-,28+/m1/s1. The van der Waals surface area contributed by atoms with Gasteiger partial charge in [-0.3, -0.25) is 4.79 Å². The molecule has 2 heterocycles. The van der Waals surface area contributed by atoms with Crippen LogP contribution in [0.5, 0.6) is 5.75 Å². The number of carbonyl (C=O) groups is 1. The summed E-state index contributed by atoms with van der Waals surface area (Å²) in [5.74, 6) is -0.704. The van der Waals surface area contributed by atoms with Gasteiger partial charge in [0.1, 0.15) is 22.4 Å². The van der Waals surface area contributed by atoms with E-state index in [0.29, 0.717) is 43.4 Å². The van der Waals surface area contributed by atoms with Gasteiger partial charge in [0.15, 0.2) is 0 Å². The average molecular weight is 617 g/mol. The molecule has 0 aliphatic carbocycles. The number of hydrogen-bond donors (Lipinski definition) is 1. The molecular formula is C30H40N4O8S. The summed E-state index contributed by atoms with van der Waals surface area (Å²) >= 11 is 0. The fourth-order valence-corrected chi connectivity index (χ4v) is 6.44. The molecule has 43 heavy (non-hydrogen) atoms. The van der Waals surface area contributed by atoms with Crippen LogP contribution in [0.1, 0.15) is 49.3 Å². The van der Waals surface area contributed by atoms with Gasteiger partial charge in [-0.05, 0) is 56.5 Å². The Morgan fingerprint density at radius 2 is 1.95 bits per heavy atom. The van der Waals surface area contributed by atoms with E-state index in [1.165, 1.54) is 4.31 Å². The van der Waals surface area contributed by atoms with E-state index in [4.69, 9.17) is 18.9 Å². The normalized spacial score (nSPS) is 17.6. The largest absolute Gasteiger partial charge is 0.488 e. The highest BCUT2D eigenvalue weighted by Gasteiger charge is 2.40. The number of ether oxygens (including phenoxy) is 4. The lowest BCUT2D eigenvalue weighted by Crippen LogP contribution is -2.36. The van der Waals surface area contributed by atoms with Crippen LogP contribution in [0.15, 0.2) is 53.6 Å². The van der Waals surface area contributed by atoms with Gasteiger partial charge in [-0.2, -0.15) is 4.31 Å². The van der Waals surface area contributed by atoms with Crippen LogP contribution in [-0.2, 0) is 48.7 Å². The highest BCUT2D eigenvalue weighted by Crippen LogP contribution is 2.39. The zero-order valence-corrected chi connectivity index (χ0v) is 26.0. The molecule has 3 aromatic rings. The van der Waals surface area contributed by atoms with E-state index in [-0.39, 0.29) is 30.7 Å². The Balaban J connectivity index is 1.55. The highest BCUT2D eigenvalue weighted by molar-refractivity contribution is 7.89. The average Bonchev–Trinajstić information content (AvgIpc) is 3.38. The maximum atomic E-state index is 13.6. The Kier molecular flexibility index (Phi) is 10.6. The van der Waals surface area contributed by atoms with Gasteiger partial charge in [0.25, 0.3) is 0 Å². The molecule has 0 amide bonds. The number of para-hydroxylation sites is 1. The summed E-state index contributed by atoms with van der Waals surface area (Å²) in [4.78, 5) is 12.5. The number of carboxylic acids is 1. The van der Waals surface area contributed by atoms with E-state index >= 15 is 0 Å². The van der Waals surface area contributed by atoms with Gasteiger partial charge in [0, 0.05) is 13.7 Å². The number of benzene rings is 2. The zero-order valence-electron chi connectivity index (χ0n) is 25.2. The van der Waals surface area contributed by atoms with E-state index < -0.39 is 27.5 Å². The second kappa shape index (κ2) is 14.0. The SMILES string of the molecule is COCCOCCn1cc(CO[C@@H](c2ccc(C)c(CN3C[C@@H](C)Oc4ccccc4S3(=O)=O)c2)C(C)(C)C(=O)O)nn1. The van der Waals surface area contributed by atoms with Crippen molar-refractivity contribution in [3.63, 3.8) is 0 Å². The molecule has 0 radical (unpaired) electrons. The van der Waals surface area contributed by atoms with Gasteiger partial charge in [-0.15, -0.1) is 5.10 Å². The summed E-state index contributed by atoms with van der Waals surface area (Å²) in [5, 5.41) is 18.4. The smallest absolute Gasteiger partial charge is 0.312 e. The molecule has 0 fully saturated rings. The molecule has 234 valence electrons. The second-order valence-electron chi connectivity index (χ2n) is 11.2. The molecule has 0 bridgehead atoms. The third kappa shape index (κ3) is 7.78. The van der Waals surface area contributed by atoms with Gasteiger partial charge in [-0.1, -0.05) is 35.5 Å². The first kappa shape index (κ1) is 32.6. The highest BCUT2D eigenvalue weighted by atomic mass is 32.2. The minimum absolute atomic E-state index is 0.0290. The molecule has 1 aliphatic heterocycles. The third-order valence-corrected chi connectivity index (χ3v) is 9.22. The van der Waals surface area contributed by atoms with Crippen LogP contribution >= 0.6 is 0 Å². The predicted octanol–water partition coefficient (Wildman–Crippen LogP) is 3.59. The van der Waals surface area contributed by atoms with Gasteiger partial charge in [0.2, 0.25) is 10.0 Å². The number of aliphatic carboxylic acids is 1. The number of fused-ring (bicyclic) bond motifs is 1. The van der Waals surface area contributed by atoms with Crippen LogP contribution in [0.2, 0.25) is 0 Å². The number of rotatable bonds is 14. The van der Waals surface area contributed by atoms with E-state index in [1.807, 2.05) is 32.0 Å². The molecule has 1 N–H and O–H groups in total. The number of hydrogen-bond acceptors (Lipinski definition) is 9. The molecule has 1 aromatic heterocycles. The molecule has 4 rings (SSSR count). The van der Waals surface area contributed by atoms with Gasteiger partial charge in [0.05, 0.1) is 57.2 Å². The predicted molar refractivity (Wildman–Crippen MR) is 157 cm³/mol. The van der Waals surface area contributed by atoms with Crippen LogP contribution in [0.3, 0.4) is 0 Å². The Morgan fingerprint density at radius 1 is 1.19 bits per heavy atom. The number of methoxy groups -OCH3 is 1. The van der Waals surface area contributed by atoms with Crippen molar-refractivity contribution in [1.82, 2.24) is 19.3 Å². The Hall–Kier alpha value is -3.36. The number of carboxylic acid groups (broad SMARTS) is 1. The van der Waals surface area contributed by atoms with Crippen molar-refractivity contribution in [3.05, 3.63) is 71.0 Å². The number of nitrogens with zero attached hydrogens (tertiary/aromatic N) is 4. The van der Waals surface area contributed by atoms with E-state index in [2.05, 4.69) is 10.3 Å². The molecule has 13 heteroatoms. The number of aromatic nitrogens is 3. The molecule has 12 nitrogen and oxygen atoms in total. The van der Waals surface area contributed by atoms with E-state index in [9.17, 15) is 18.3 Å². The molecule has 0 spiro atoms. The molecule has 2 atom stereocenters. The Labute approximate surface area is 252 Å². The first-order valence-corrected chi connectivity index (χ1v) is 15.5. The van der Waals surface area contributed by atoms with Crippen molar-refractivity contribution in [2.45, 2.75) is 64.5 Å². The van der Waals surface area contributed by atoms with Crippen molar-refractivity contribution in [3.8, 4) is 5.75 Å². The number of aryl methyl sites for hydroxylation is 1. The van der Waals surface area contributed by atoms with Gasteiger partial charge >= 0.3 is 5.97 Å². The van der Waals surface area contributed by atoms with Crippen molar-refractivity contribution in [2.75, 3.05) is 33.5 Å². The lowest BCUT2D eigenvalue weighted by atomic mass is 9.81. The van der Waals surface area contributed by atoms with Crippen LogP contribution in [0.4, 0.5) is 0 Å². The topological polar surface area (TPSA) is 142 Å². The maximum Gasteiger partial charge on any atom is 0.312 e. The first-order chi connectivity index (χ1) is 20.4. The molecule has 0 saturated carbocycles. The lowest BCUT2D eigenvalue weighted by Gasteiger charge is -2.31. The zero-order chi connectivity index (χ0) is 31.2. The summed E-state index contributed by atoms with van der Waals surface area (Å²) in [6.45, 7) is 9.13. The fourth-order valence-electron chi connectivity index (χ4n) is 4.82. The van der Waals surface area contributed by atoms with Crippen molar-refractivity contribution in [2.24, 2.45) is 5.41 Å². The van der Waals surface area contributed by atoms with E-state index in [1.54, 1.807) is 56.1 Å². The van der Waals surface area contributed by atoms with Crippen LogP contribution < -0.4 is 4.74 Å². The minimum atomic E-state index is -3.85. The molecule has 0 saturated heterocycles. The summed E-state index contributed by atoms with van der Waals surface area (Å²) in [6, 6.07) is 12.1. The quantitative estimate of drug-likeness (QED) is 0.267. The van der Waals surface area contributed by atoms with E-state index in [0.717, 1.165) is 11.1 Å². The monoisotopic (exact) mass is 616 g/mol. The second-order valence-corrected chi connectivity index (χ2v) is 13.1. The van der Waals surface area contributed by atoms with Gasteiger partial charge < -0.3 is 24.1 Å². The fraction of sp³-hybridized carbons (Fsp3) is 0.500. The third-order valence-electron chi connectivity index (χ3n) is 7.37.